The van der Waals surface area contributed by atoms with Crippen LogP contribution >= 0.6 is 0 Å². The molecule has 0 spiro atoms. The van der Waals surface area contributed by atoms with E-state index in [0.717, 1.165) is 36.8 Å². The minimum absolute atomic E-state index is 0.0266. The molecule has 7 heteroatoms. The Morgan fingerprint density at radius 2 is 1.42 bits per heavy atom. The molecule has 6 nitrogen and oxygen atoms in total. The van der Waals surface area contributed by atoms with E-state index in [1.807, 2.05) is 0 Å². The van der Waals surface area contributed by atoms with Gasteiger partial charge in [-0.15, -0.1) is 0 Å². The van der Waals surface area contributed by atoms with Crippen molar-refractivity contribution in [2.45, 2.75) is 36.6 Å². The second kappa shape index (κ2) is 6.70. The van der Waals surface area contributed by atoms with Crippen LogP contribution in [0.15, 0.2) is 53.4 Å². The minimum atomic E-state index is -3.50. The van der Waals surface area contributed by atoms with Crippen LogP contribution in [-0.2, 0) is 10.0 Å². The highest BCUT2D eigenvalue weighted by molar-refractivity contribution is 7.89. The van der Waals surface area contributed by atoms with Crippen LogP contribution < -0.4 is 4.72 Å². The number of benzene rings is 2. The maximum Gasteiger partial charge on any atom is 0.269 e. The van der Waals surface area contributed by atoms with E-state index in [9.17, 15) is 18.5 Å². The molecule has 0 atom stereocenters. The second-order valence-corrected chi connectivity index (χ2v) is 7.65. The van der Waals surface area contributed by atoms with Gasteiger partial charge in [0.05, 0.1) is 9.82 Å². The van der Waals surface area contributed by atoms with Crippen molar-refractivity contribution in [2.24, 2.45) is 0 Å². The Kier molecular flexibility index (Phi) is 4.64. The highest BCUT2D eigenvalue weighted by Crippen LogP contribution is 2.25. The van der Waals surface area contributed by atoms with Crippen molar-refractivity contribution in [3.05, 3.63) is 58.6 Å². The number of sulfonamides is 1. The lowest BCUT2D eigenvalue weighted by Crippen LogP contribution is -2.32. The van der Waals surface area contributed by atoms with E-state index < -0.39 is 14.9 Å². The Morgan fingerprint density at radius 1 is 0.917 bits per heavy atom. The summed E-state index contributed by atoms with van der Waals surface area (Å²) < 4.78 is 27.5. The predicted molar refractivity (Wildman–Crippen MR) is 91.1 cm³/mol. The Bertz CT molecular complexity index is 824. The third-order valence-corrected chi connectivity index (χ3v) is 5.79. The number of nitrogens with zero attached hydrogens (tertiary/aromatic N) is 1. The summed E-state index contributed by atoms with van der Waals surface area (Å²) in [6.07, 6.45) is 3.90. The first-order valence-corrected chi connectivity index (χ1v) is 9.31. The summed E-state index contributed by atoms with van der Waals surface area (Å²) in [4.78, 5) is 10.5. The molecule has 0 aromatic heterocycles. The smallest absolute Gasteiger partial charge is 0.258 e. The van der Waals surface area contributed by atoms with Crippen LogP contribution in [0.4, 0.5) is 5.69 Å². The van der Waals surface area contributed by atoms with Crippen molar-refractivity contribution < 1.29 is 13.3 Å². The molecule has 0 saturated heterocycles. The van der Waals surface area contributed by atoms with Crippen LogP contribution in [0.1, 0.15) is 25.7 Å². The summed E-state index contributed by atoms with van der Waals surface area (Å²) in [5, 5.41) is 10.7. The summed E-state index contributed by atoms with van der Waals surface area (Å²) in [5.41, 5.74) is 1.64. The number of rotatable bonds is 5. The zero-order valence-electron chi connectivity index (χ0n) is 13.0. The Balaban J connectivity index is 1.78. The molecule has 1 saturated carbocycles. The molecule has 0 bridgehead atoms. The van der Waals surface area contributed by atoms with Gasteiger partial charge in [-0.2, -0.15) is 0 Å². The molecule has 1 N–H and O–H groups in total. The van der Waals surface area contributed by atoms with Gasteiger partial charge in [0.25, 0.3) is 5.69 Å². The molecule has 3 rings (SSSR count). The monoisotopic (exact) mass is 346 g/mol. The largest absolute Gasteiger partial charge is 0.269 e. The first-order valence-electron chi connectivity index (χ1n) is 7.83. The van der Waals surface area contributed by atoms with Crippen LogP contribution in [0.3, 0.4) is 0 Å². The first-order chi connectivity index (χ1) is 11.5. The predicted octanol–water partition coefficient (Wildman–Crippen LogP) is 3.48. The third kappa shape index (κ3) is 3.63. The summed E-state index contributed by atoms with van der Waals surface area (Å²) in [5.74, 6) is 0. The number of nitrogens with one attached hydrogen (secondary N) is 1. The van der Waals surface area contributed by atoms with Gasteiger partial charge in [0.1, 0.15) is 0 Å². The zero-order chi connectivity index (χ0) is 17.2. The fourth-order valence-corrected chi connectivity index (χ4v) is 4.24. The third-order valence-electron chi connectivity index (χ3n) is 4.25. The molecular formula is C17H18N2O4S. The van der Waals surface area contributed by atoms with E-state index in [2.05, 4.69) is 4.72 Å². The van der Waals surface area contributed by atoms with E-state index >= 15 is 0 Å². The van der Waals surface area contributed by atoms with Gasteiger partial charge < -0.3 is 0 Å². The van der Waals surface area contributed by atoms with Crippen LogP contribution in [0.5, 0.6) is 0 Å². The molecule has 24 heavy (non-hydrogen) atoms. The standard InChI is InChI=1S/C17H18N2O4S/c20-19(21)16-9-5-13(6-10-16)14-7-11-17(12-8-14)24(22,23)18-15-3-1-2-4-15/h5-12,15,18H,1-4H2. The highest BCUT2D eigenvalue weighted by atomic mass is 32.2. The molecule has 1 aliphatic carbocycles. The van der Waals surface area contributed by atoms with Gasteiger partial charge in [-0.1, -0.05) is 25.0 Å². The summed E-state index contributed by atoms with van der Waals surface area (Å²) in [6, 6.07) is 12.8. The normalized spacial score (nSPS) is 15.5. The maximum atomic E-state index is 12.4. The maximum absolute atomic E-state index is 12.4. The van der Waals surface area contributed by atoms with E-state index in [4.69, 9.17) is 0 Å². The van der Waals surface area contributed by atoms with Crippen molar-refractivity contribution in [1.29, 1.82) is 0 Å². The fourth-order valence-electron chi connectivity index (χ4n) is 2.93. The quantitative estimate of drug-likeness (QED) is 0.663. The zero-order valence-corrected chi connectivity index (χ0v) is 13.8. The Labute approximate surface area is 140 Å². The molecule has 0 unspecified atom stereocenters. The van der Waals surface area contributed by atoms with E-state index in [1.54, 1.807) is 36.4 Å². The molecule has 126 valence electrons. The lowest BCUT2D eigenvalue weighted by atomic mass is 10.1. The molecule has 0 amide bonds. The molecule has 2 aromatic carbocycles. The van der Waals surface area contributed by atoms with Crippen LogP contribution in [0, 0.1) is 10.1 Å². The van der Waals surface area contributed by atoms with Crippen LogP contribution in [0.2, 0.25) is 0 Å². The lowest BCUT2D eigenvalue weighted by Gasteiger charge is -2.12. The number of hydrogen-bond donors (Lipinski definition) is 1. The SMILES string of the molecule is O=[N+]([O-])c1ccc(-c2ccc(S(=O)(=O)NC3CCCC3)cc2)cc1. The van der Waals surface area contributed by atoms with E-state index in [-0.39, 0.29) is 16.6 Å². The van der Waals surface area contributed by atoms with Crippen molar-refractivity contribution in [3.63, 3.8) is 0 Å². The summed E-state index contributed by atoms with van der Waals surface area (Å²) in [6.45, 7) is 0. The highest BCUT2D eigenvalue weighted by Gasteiger charge is 2.22. The number of nitro benzene ring substituents is 1. The Hall–Kier alpha value is -2.25. The van der Waals surface area contributed by atoms with Gasteiger partial charge >= 0.3 is 0 Å². The van der Waals surface area contributed by atoms with Gasteiger partial charge in [0.2, 0.25) is 10.0 Å². The van der Waals surface area contributed by atoms with Crippen LogP contribution in [-0.4, -0.2) is 19.4 Å². The summed E-state index contributed by atoms with van der Waals surface area (Å²) >= 11 is 0. The number of non-ortho nitro benzene ring substituents is 1. The average molecular weight is 346 g/mol. The van der Waals surface area contributed by atoms with Gasteiger partial charge in [-0.25, -0.2) is 13.1 Å². The molecule has 1 fully saturated rings. The average Bonchev–Trinajstić information content (AvgIpc) is 3.07. The molecule has 0 radical (unpaired) electrons. The van der Waals surface area contributed by atoms with Crippen molar-refractivity contribution in [2.75, 3.05) is 0 Å². The fraction of sp³-hybridized carbons (Fsp3) is 0.294. The van der Waals surface area contributed by atoms with E-state index in [1.165, 1.54) is 12.1 Å². The van der Waals surface area contributed by atoms with Gasteiger partial charge in [0, 0.05) is 18.2 Å². The molecule has 0 aliphatic heterocycles. The lowest BCUT2D eigenvalue weighted by molar-refractivity contribution is -0.384. The molecule has 0 heterocycles. The number of hydrogen-bond acceptors (Lipinski definition) is 4. The van der Waals surface area contributed by atoms with Gasteiger partial charge in [-0.05, 0) is 48.2 Å². The van der Waals surface area contributed by atoms with Crippen molar-refractivity contribution in [3.8, 4) is 11.1 Å². The first kappa shape index (κ1) is 16.6. The molecule has 2 aromatic rings. The Morgan fingerprint density at radius 3 is 1.92 bits per heavy atom. The van der Waals surface area contributed by atoms with Gasteiger partial charge in [-0.3, -0.25) is 10.1 Å². The van der Waals surface area contributed by atoms with Crippen LogP contribution in [0.25, 0.3) is 11.1 Å². The van der Waals surface area contributed by atoms with Crippen molar-refractivity contribution in [1.82, 2.24) is 4.72 Å². The van der Waals surface area contributed by atoms with Gasteiger partial charge in [0.15, 0.2) is 0 Å². The summed E-state index contributed by atoms with van der Waals surface area (Å²) in [7, 11) is -3.50. The second-order valence-electron chi connectivity index (χ2n) is 5.93. The number of nitro groups is 1. The topological polar surface area (TPSA) is 89.3 Å². The van der Waals surface area contributed by atoms with Crippen molar-refractivity contribution >= 4 is 15.7 Å². The molecular weight excluding hydrogens is 328 g/mol. The van der Waals surface area contributed by atoms with E-state index in [0.29, 0.717) is 0 Å². The molecule has 1 aliphatic rings. The minimum Gasteiger partial charge on any atom is -0.258 e.